The lowest BCUT2D eigenvalue weighted by molar-refractivity contribution is -0.137. The number of rotatable bonds is 6. The average Bonchev–Trinajstić information content (AvgIpc) is 2.53. The first kappa shape index (κ1) is 16.8. The lowest BCUT2D eigenvalue weighted by atomic mass is 10.0. The highest BCUT2D eigenvalue weighted by Crippen LogP contribution is 2.25. The van der Waals surface area contributed by atoms with Crippen LogP contribution in [0.2, 0.25) is 5.02 Å². The third kappa shape index (κ3) is 5.30. The maximum Gasteiger partial charge on any atom is 0.407 e. The van der Waals surface area contributed by atoms with Crippen molar-refractivity contribution in [3.8, 4) is 0 Å². The summed E-state index contributed by atoms with van der Waals surface area (Å²) in [6.07, 6.45) is -0.982. The first-order chi connectivity index (χ1) is 11.1. The molecule has 0 aliphatic heterocycles. The van der Waals surface area contributed by atoms with Crippen molar-refractivity contribution >= 4 is 23.7 Å². The number of benzene rings is 2. The van der Waals surface area contributed by atoms with Crippen LogP contribution in [0.1, 0.15) is 23.6 Å². The Morgan fingerprint density at radius 3 is 2.39 bits per heavy atom. The molecule has 120 valence electrons. The lowest BCUT2D eigenvalue weighted by Gasteiger charge is -2.18. The van der Waals surface area contributed by atoms with Crippen LogP contribution in [0.3, 0.4) is 0 Å². The quantitative estimate of drug-likeness (QED) is 0.843. The number of carbonyl (C=O) groups excluding carboxylic acids is 1. The Morgan fingerprint density at radius 2 is 1.74 bits per heavy atom. The van der Waals surface area contributed by atoms with Crippen LogP contribution in [-0.4, -0.2) is 17.2 Å². The number of halogens is 1. The van der Waals surface area contributed by atoms with E-state index in [-0.39, 0.29) is 13.0 Å². The summed E-state index contributed by atoms with van der Waals surface area (Å²) < 4.78 is 5.12. The van der Waals surface area contributed by atoms with Crippen LogP contribution in [-0.2, 0) is 16.1 Å². The molecule has 0 fully saturated rings. The molecule has 0 saturated carbocycles. The third-order valence-electron chi connectivity index (χ3n) is 3.16. The molecule has 0 aliphatic rings. The molecule has 0 aromatic heterocycles. The molecule has 0 unspecified atom stereocenters. The number of aliphatic carboxylic acids is 1. The zero-order valence-corrected chi connectivity index (χ0v) is 13.0. The van der Waals surface area contributed by atoms with Crippen LogP contribution in [0.15, 0.2) is 54.6 Å². The second kappa shape index (κ2) is 8.19. The summed E-state index contributed by atoms with van der Waals surface area (Å²) in [5.74, 6) is -1.04. The Balaban J connectivity index is 2.01. The molecule has 0 aliphatic carbocycles. The van der Waals surface area contributed by atoms with E-state index in [4.69, 9.17) is 21.4 Å². The number of carboxylic acid groups (broad SMARTS) is 1. The highest BCUT2D eigenvalue weighted by atomic mass is 35.5. The highest BCUT2D eigenvalue weighted by molar-refractivity contribution is 6.31. The van der Waals surface area contributed by atoms with Crippen molar-refractivity contribution in [2.75, 3.05) is 0 Å². The predicted molar refractivity (Wildman–Crippen MR) is 86.2 cm³/mol. The van der Waals surface area contributed by atoms with Gasteiger partial charge in [0.15, 0.2) is 0 Å². The topological polar surface area (TPSA) is 75.6 Å². The minimum Gasteiger partial charge on any atom is -0.481 e. The van der Waals surface area contributed by atoms with Gasteiger partial charge in [0.25, 0.3) is 0 Å². The molecule has 2 aromatic rings. The minimum atomic E-state index is -1.04. The molecule has 2 aromatic carbocycles. The summed E-state index contributed by atoms with van der Waals surface area (Å²) in [7, 11) is 0. The summed E-state index contributed by atoms with van der Waals surface area (Å²) in [5, 5.41) is 12.0. The van der Waals surface area contributed by atoms with E-state index in [1.807, 2.05) is 30.3 Å². The summed E-state index contributed by atoms with van der Waals surface area (Å²) in [5.41, 5.74) is 1.38. The highest BCUT2D eigenvalue weighted by Gasteiger charge is 2.20. The Bertz CT molecular complexity index is 675. The second-order valence-corrected chi connectivity index (χ2v) is 5.29. The van der Waals surface area contributed by atoms with Crippen molar-refractivity contribution in [3.05, 3.63) is 70.7 Å². The Labute approximate surface area is 138 Å². The summed E-state index contributed by atoms with van der Waals surface area (Å²) in [6.45, 7) is 0.106. The Kier molecular flexibility index (Phi) is 6.00. The molecule has 5 nitrogen and oxygen atoms in total. The van der Waals surface area contributed by atoms with Gasteiger partial charge in [-0.1, -0.05) is 60.1 Å². The molecule has 0 bridgehead atoms. The standard InChI is InChI=1S/C17H16ClNO4/c18-14-9-5-4-8-13(14)15(10-16(20)21)19-17(22)23-11-12-6-2-1-3-7-12/h1-9,15H,10-11H2,(H,19,22)(H,20,21)/t15-/m1/s1. The van der Waals surface area contributed by atoms with Crippen LogP contribution in [0.25, 0.3) is 0 Å². The van der Waals surface area contributed by atoms with Gasteiger partial charge < -0.3 is 15.2 Å². The molecule has 2 rings (SSSR count). The van der Waals surface area contributed by atoms with Crippen molar-refractivity contribution in [2.24, 2.45) is 0 Å². The first-order valence-corrected chi connectivity index (χ1v) is 7.37. The van der Waals surface area contributed by atoms with E-state index in [0.717, 1.165) is 5.56 Å². The fraction of sp³-hybridized carbons (Fsp3) is 0.176. The number of amides is 1. The van der Waals surface area contributed by atoms with Crippen molar-refractivity contribution in [1.82, 2.24) is 5.32 Å². The van der Waals surface area contributed by atoms with Gasteiger partial charge in [0.05, 0.1) is 12.5 Å². The van der Waals surface area contributed by atoms with E-state index >= 15 is 0 Å². The molecule has 0 radical (unpaired) electrons. The SMILES string of the molecule is O=C(O)C[C@@H](NC(=O)OCc1ccccc1)c1ccccc1Cl. The fourth-order valence-corrected chi connectivity index (χ4v) is 2.35. The van der Waals surface area contributed by atoms with Gasteiger partial charge in [0.2, 0.25) is 0 Å². The number of carboxylic acids is 1. The molecule has 1 amide bonds. The number of alkyl carbamates (subject to hydrolysis) is 1. The number of ether oxygens (including phenoxy) is 1. The molecule has 0 heterocycles. The molecule has 0 saturated heterocycles. The number of carbonyl (C=O) groups is 2. The van der Waals surface area contributed by atoms with Crippen molar-refractivity contribution in [3.63, 3.8) is 0 Å². The molecular formula is C17H16ClNO4. The molecule has 23 heavy (non-hydrogen) atoms. The average molecular weight is 334 g/mol. The van der Waals surface area contributed by atoms with Crippen LogP contribution in [0.5, 0.6) is 0 Å². The first-order valence-electron chi connectivity index (χ1n) is 6.99. The molecule has 0 spiro atoms. The Hall–Kier alpha value is -2.53. The maximum atomic E-state index is 11.9. The minimum absolute atomic E-state index is 0.106. The Morgan fingerprint density at radius 1 is 1.09 bits per heavy atom. The summed E-state index contributed by atoms with van der Waals surface area (Å²) in [6, 6.07) is 15.2. The predicted octanol–water partition coefficient (Wildman–Crippen LogP) is 3.78. The van der Waals surface area contributed by atoms with E-state index in [1.165, 1.54) is 0 Å². The summed E-state index contributed by atoms with van der Waals surface area (Å²) >= 11 is 6.07. The number of nitrogens with one attached hydrogen (secondary N) is 1. The lowest BCUT2D eigenvalue weighted by Crippen LogP contribution is -2.30. The van der Waals surface area contributed by atoms with E-state index in [2.05, 4.69) is 5.32 Å². The maximum absolute atomic E-state index is 11.9. The third-order valence-corrected chi connectivity index (χ3v) is 3.51. The molecule has 6 heteroatoms. The van der Waals surface area contributed by atoms with E-state index in [1.54, 1.807) is 24.3 Å². The molecule has 2 N–H and O–H groups in total. The van der Waals surface area contributed by atoms with Crippen LogP contribution < -0.4 is 5.32 Å². The van der Waals surface area contributed by atoms with Crippen molar-refractivity contribution in [2.45, 2.75) is 19.1 Å². The normalized spacial score (nSPS) is 11.5. The van der Waals surface area contributed by atoms with Gasteiger partial charge in [-0.2, -0.15) is 0 Å². The molecular weight excluding hydrogens is 318 g/mol. The smallest absolute Gasteiger partial charge is 0.407 e. The van der Waals surface area contributed by atoms with E-state index < -0.39 is 18.1 Å². The second-order valence-electron chi connectivity index (χ2n) is 4.88. The van der Waals surface area contributed by atoms with Gasteiger partial charge in [-0.15, -0.1) is 0 Å². The van der Waals surface area contributed by atoms with E-state index in [9.17, 15) is 9.59 Å². The van der Waals surface area contributed by atoms with Gasteiger partial charge in [-0.05, 0) is 17.2 Å². The van der Waals surface area contributed by atoms with Crippen molar-refractivity contribution in [1.29, 1.82) is 0 Å². The van der Waals surface area contributed by atoms with E-state index in [0.29, 0.717) is 10.6 Å². The summed E-state index contributed by atoms with van der Waals surface area (Å²) in [4.78, 5) is 22.9. The number of hydrogen-bond acceptors (Lipinski definition) is 3. The van der Waals surface area contributed by atoms with Crippen molar-refractivity contribution < 1.29 is 19.4 Å². The zero-order valence-electron chi connectivity index (χ0n) is 12.2. The van der Waals surface area contributed by atoms with Crippen LogP contribution in [0, 0.1) is 0 Å². The fourth-order valence-electron chi connectivity index (χ4n) is 2.08. The number of hydrogen-bond donors (Lipinski definition) is 2. The van der Waals surface area contributed by atoms with Gasteiger partial charge in [0, 0.05) is 5.02 Å². The molecule has 1 atom stereocenters. The monoisotopic (exact) mass is 333 g/mol. The van der Waals surface area contributed by atoms with Crippen LogP contribution >= 0.6 is 11.6 Å². The largest absolute Gasteiger partial charge is 0.481 e. The van der Waals surface area contributed by atoms with Gasteiger partial charge in [0.1, 0.15) is 6.61 Å². The van der Waals surface area contributed by atoms with Gasteiger partial charge in [-0.25, -0.2) is 4.79 Å². The van der Waals surface area contributed by atoms with Gasteiger partial charge in [-0.3, -0.25) is 4.79 Å². The van der Waals surface area contributed by atoms with Crippen LogP contribution in [0.4, 0.5) is 4.79 Å². The zero-order chi connectivity index (χ0) is 16.7. The van der Waals surface area contributed by atoms with Gasteiger partial charge >= 0.3 is 12.1 Å².